The lowest BCUT2D eigenvalue weighted by atomic mass is 10.0. The molecular weight excluding hydrogens is 336 g/mol. The Morgan fingerprint density at radius 3 is 2.58 bits per heavy atom. The molecule has 0 aromatic rings. The van der Waals surface area contributed by atoms with Crippen LogP contribution >= 0.6 is 0 Å². The quantitative estimate of drug-likeness (QED) is 0.780. The molecule has 0 saturated carbocycles. The zero-order valence-electron chi connectivity index (χ0n) is 13.4. The van der Waals surface area contributed by atoms with Crippen LogP contribution in [0.5, 0.6) is 0 Å². The summed E-state index contributed by atoms with van der Waals surface area (Å²) in [4.78, 5) is 23.9. The third-order valence-electron chi connectivity index (χ3n) is 4.30. The van der Waals surface area contributed by atoms with Gasteiger partial charge < -0.3 is 9.30 Å². The van der Waals surface area contributed by atoms with Crippen LogP contribution in [-0.4, -0.2) is 59.9 Å². The highest BCUT2D eigenvalue weighted by atomic mass is 32.2. The van der Waals surface area contributed by atoms with Gasteiger partial charge in [0.1, 0.15) is 11.3 Å². The van der Waals surface area contributed by atoms with Crippen molar-refractivity contribution in [1.82, 2.24) is 19.1 Å². The number of H-pyrrole nitrogens is 1. The maximum Gasteiger partial charge on any atom is 0.341 e. The molecule has 3 rings (SSSR count). The smallest absolute Gasteiger partial charge is 0.341 e. The molecule has 1 fully saturated rings. The Hall–Kier alpha value is -2.20. The van der Waals surface area contributed by atoms with E-state index in [-0.39, 0.29) is 22.9 Å². The third kappa shape index (κ3) is 2.94. The van der Waals surface area contributed by atoms with E-state index in [0.29, 0.717) is 31.5 Å². The fourth-order valence-corrected chi connectivity index (χ4v) is 3.87. The first-order valence-electron chi connectivity index (χ1n) is 7.44. The summed E-state index contributed by atoms with van der Waals surface area (Å²) < 4.78 is 31.2. The molecule has 0 spiro atoms. The molecule has 3 aliphatic heterocycles. The number of ether oxygens (including phenoxy) is 1. The molecule has 1 N–H and O–H groups in total. The van der Waals surface area contributed by atoms with Gasteiger partial charge in [-0.2, -0.15) is 5.10 Å². The number of carbonyl (C=O) groups is 1. The number of fused-ring (bicyclic) bond motifs is 1. The van der Waals surface area contributed by atoms with Crippen LogP contribution in [0.1, 0.15) is 29.2 Å². The Bertz CT molecular complexity index is 892. The molecule has 0 unspecified atom stereocenters. The Morgan fingerprint density at radius 1 is 1.33 bits per heavy atom. The van der Waals surface area contributed by atoms with Gasteiger partial charge in [-0.15, -0.1) is 0 Å². The number of hydrogen-bond donors (Lipinski definition) is 1. The summed E-state index contributed by atoms with van der Waals surface area (Å²) in [5, 5.41) is 6.22. The molecule has 0 aliphatic carbocycles. The molecule has 3 aliphatic rings. The Labute approximate surface area is 138 Å². The number of nitrogens with zero attached hydrogens (tertiary/aromatic N) is 3. The molecule has 130 valence electrons. The fourth-order valence-electron chi connectivity index (χ4n) is 3.00. The van der Waals surface area contributed by atoms with Gasteiger partial charge in [-0.05, 0) is 12.8 Å². The first-order valence-corrected chi connectivity index (χ1v) is 9.29. The number of esters is 1. The lowest BCUT2D eigenvalue weighted by Gasteiger charge is -2.32. The highest BCUT2D eigenvalue weighted by Gasteiger charge is 2.28. The largest absolute Gasteiger partial charge is 0.465 e. The van der Waals surface area contributed by atoms with Crippen LogP contribution in [-0.2, 0) is 14.8 Å². The number of rotatable bonds is 3. The van der Waals surface area contributed by atoms with Crippen molar-refractivity contribution in [3.05, 3.63) is 28.3 Å². The highest BCUT2D eigenvalue weighted by molar-refractivity contribution is 7.88. The maximum atomic E-state index is 12.0. The van der Waals surface area contributed by atoms with Gasteiger partial charge in [-0.25, -0.2) is 22.6 Å². The van der Waals surface area contributed by atoms with Gasteiger partial charge in [0.25, 0.3) is 5.56 Å². The molecule has 9 nitrogen and oxygen atoms in total. The minimum atomic E-state index is -3.20. The van der Waals surface area contributed by atoms with Gasteiger partial charge >= 0.3 is 5.97 Å². The second-order valence-corrected chi connectivity index (χ2v) is 7.80. The average molecular weight is 354 g/mol. The van der Waals surface area contributed by atoms with Crippen molar-refractivity contribution in [2.24, 2.45) is 0 Å². The zero-order chi connectivity index (χ0) is 17.5. The van der Waals surface area contributed by atoms with Crippen molar-refractivity contribution in [2.75, 3.05) is 26.5 Å². The van der Waals surface area contributed by atoms with Crippen LogP contribution in [0.3, 0.4) is 0 Å². The minimum Gasteiger partial charge on any atom is -0.465 e. The van der Waals surface area contributed by atoms with Crippen LogP contribution in [0.4, 0.5) is 0 Å². The van der Waals surface area contributed by atoms with Crippen LogP contribution in [0.15, 0.2) is 17.2 Å². The number of methoxy groups -OCH3 is 1. The number of piperidine rings is 1. The predicted octanol–water partition coefficient (Wildman–Crippen LogP) is 0.0593. The number of nitrogens with one attached hydrogen (secondary N) is 1. The third-order valence-corrected chi connectivity index (χ3v) is 5.60. The lowest BCUT2D eigenvalue weighted by molar-refractivity contribution is 0.0600. The Kier molecular flexibility index (Phi) is 4.18. The number of carbonyl (C=O) groups excluding carboxylic acids is 1. The highest BCUT2D eigenvalue weighted by Crippen LogP contribution is 2.28. The summed E-state index contributed by atoms with van der Waals surface area (Å²) in [5.41, 5.74) is 0.414. The van der Waals surface area contributed by atoms with E-state index >= 15 is 0 Å². The van der Waals surface area contributed by atoms with Crippen LogP contribution in [0, 0.1) is 0 Å². The normalized spacial score (nSPS) is 17.2. The Balaban J connectivity index is 1.96. The molecule has 0 aromatic heterocycles. The summed E-state index contributed by atoms with van der Waals surface area (Å²) in [6.45, 7) is 0.801. The molecule has 0 atom stereocenters. The van der Waals surface area contributed by atoms with Crippen molar-refractivity contribution >= 4 is 16.0 Å². The van der Waals surface area contributed by atoms with Gasteiger partial charge in [0.2, 0.25) is 10.0 Å². The first kappa shape index (κ1) is 16.7. The predicted molar refractivity (Wildman–Crippen MR) is 85.5 cm³/mol. The van der Waals surface area contributed by atoms with Crippen molar-refractivity contribution in [3.8, 4) is 11.3 Å². The van der Waals surface area contributed by atoms with Crippen molar-refractivity contribution in [2.45, 2.75) is 18.9 Å². The molecule has 10 heteroatoms. The molecular formula is C14H18N4O5S. The van der Waals surface area contributed by atoms with Gasteiger partial charge in [-0.3, -0.25) is 4.79 Å². The van der Waals surface area contributed by atoms with E-state index in [1.165, 1.54) is 17.7 Å². The summed E-state index contributed by atoms with van der Waals surface area (Å²) in [6.07, 6.45) is 5.63. The minimum absolute atomic E-state index is 0.00916. The monoisotopic (exact) mass is 354 g/mol. The molecule has 0 aromatic carbocycles. The van der Waals surface area contributed by atoms with Crippen molar-refractivity contribution < 1.29 is 17.9 Å². The van der Waals surface area contributed by atoms with E-state index in [9.17, 15) is 18.0 Å². The molecule has 24 heavy (non-hydrogen) atoms. The molecule has 0 amide bonds. The van der Waals surface area contributed by atoms with E-state index in [4.69, 9.17) is 4.74 Å². The van der Waals surface area contributed by atoms with Gasteiger partial charge in [0.15, 0.2) is 0 Å². The number of aromatic nitrogens is 3. The summed E-state index contributed by atoms with van der Waals surface area (Å²) in [7, 11) is -1.94. The molecule has 0 bridgehead atoms. The second kappa shape index (κ2) is 6.02. The van der Waals surface area contributed by atoms with Crippen LogP contribution < -0.4 is 5.56 Å². The van der Waals surface area contributed by atoms with Crippen LogP contribution in [0.25, 0.3) is 11.3 Å². The molecule has 1 saturated heterocycles. The molecule has 3 heterocycles. The standard InChI is InChI=1S/C14H18N4O5S/c1-23-14(20)11-8-17(7-10-12(11)15-16-13(10)19)9-3-5-18(6-4-9)24(2,21)22/h7-9H,3-6H2,1-2H3,(H,16,19). The van der Waals surface area contributed by atoms with E-state index in [1.807, 2.05) is 0 Å². The number of sulfonamides is 1. The maximum absolute atomic E-state index is 12.0. The Morgan fingerprint density at radius 2 is 2.00 bits per heavy atom. The van der Waals surface area contributed by atoms with Crippen molar-refractivity contribution in [3.63, 3.8) is 0 Å². The van der Waals surface area contributed by atoms with E-state index in [0.717, 1.165) is 0 Å². The second-order valence-electron chi connectivity index (χ2n) is 5.82. The number of hydrogen-bond acceptors (Lipinski definition) is 6. The van der Waals surface area contributed by atoms with Crippen molar-refractivity contribution in [1.29, 1.82) is 0 Å². The number of pyridine rings is 1. The zero-order valence-corrected chi connectivity index (χ0v) is 14.2. The van der Waals surface area contributed by atoms with E-state index < -0.39 is 16.0 Å². The fraction of sp³-hybridized carbons (Fsp3) is 0.500. The van der Waals surface area contributed by atoms with Crippen LogP contribution in [0.2, 0.25) is 0 Å². The van der Waals surface area contributed by atoms with E-state index in [2.05, 4.69) is 10.2 Å². The summed E-state index contributed by atoms with van der Waals surface area (Å²) in [5.74, 6) is -0.575. The summed E-state index contributed by atoms with van der Waals surface area (Å²) in [6, 6.07) is -0.00916. The summed E-state index contributed by atoms with van der Waals surface area (Å²) >= 11 is 0. The first-order chi connectivity index (χ1) is 11.3. The topological polar surface area (TPSA) is 114 Å². The van der Waals surface area contributed by atoms with Gasteiger partial charge in [0, 0.05) is 31.5 Å². The lowest BCUT2D eigenvalue weighted by Crippen LogP contribution is -2.38. The van der Waals surface area contributed by atoms with E-state index in [1.54, 1.807) is 17.0 Å². The van der Waals surface area contributed by atoms with Gasteiger partial charge in [0.05, 0.1) is 18.9 Å². The number of aromatic amines is 1. The van der Waals surface area contributed by atoms with Gasteiger partial charge in [-0.1, -0.05) is 0 Å². The average Bonchev–Trinajstić information content (AvgIpc) is 2.94. The SMILES string of the molecule is COC(=O)c1cn(C2CCN(S(C)(=O)=O)CC2)cc2c(=O)[nH]nc1-2. The molecule has 0 radical (unpaired) electrons.